The summed E-state index contributed by atoms with van der Waals surface area (Å²) in [5.74, 6) is -0.402. The zero-order valence-corrected chi connectivity index (χ0v) is 11.4. The summed E-state index contributed by atoms with van der Waals surface area (Å²) in [6.07, 6.45) is 0. The molecule has 0 fully saturated rings. The number of rotatable bonds is 3. The molecule has 2 aromatic carbocycles. The van der Waals surface area contributed by atoms with E-state index in [4.69, 9.17) is 27.9 Å². The van der Waals surface area contributed by atoms with Gasteiger partial charge in [-0.3, -0.25) is 10.1 Å². The van der Waals surface area contributed by atoms with Gasteiger partial charge in [-0.2, -0.15) is 0 Å². The number of halogens is 2. The van der Waals surface area contributed by atoms with Gasteiger partial charge in [0.15, 0.2) is 0 Å². The lowest BCUT2D eigenvalue weighted by molar-refractivity contribution is -0.384. The lowest BCUT2D eigenvalue weighted by Crippen LogP contribution is -2.08. The smallest absolute Gasteiger partial charge is 0.343 e. The van der Waals surface area contributed by atoms with Gasteiger partial charge >= 0.3 is 5.97 Å². The number of esters is 1. The number of ether oxygens (including phenoxy) is 1. The van der Waals surface area contributed by atoms with Crippen molar-refractivity contribution >= 4 is 34.9 Å². The number of non-ortho nitro benzene ring substituents is 1. The molecule has 0 atom stereocenters. The number of nitro benzene ring substituents is 1. The van der Waals surface area contributed by atoms with E-state index in [9.17, 15) is 14.9 Å². The minimum absolute atomic E-state index is 0.101. The average molecular weight is 312 g/mol. The first-order valence-corrected chi connectivity index (χ1v) is 6.14. The Morgan fingerprint density at radius 1 is 1.05 bits per heavy atom. The second-order valence-corrected chi connectivity index (χ2v) is 4.58. The molecule has 0 aliphatic carbocycles. The van der Waals surface area contributed by atoms with Crippen LogP contribution in [0, 0.1) is 10.1 Å². The molecule has 0 saturated heterocycles. The summed E-state index contributed by atoms with van der Waals surface area (Å²) in [5, 5.41) is 11.1. The van der Waals surface area contributed by atoms with E-state index < -0.39 is 10.9 Å². The normalized spacial score (nSPS) is 10.1. The van der Waals surface area contributed by atoms with Crippen molar-refractivity contribution in [1.29, 1.82) is 0 Å². The summed E-state index contributed by atoms with van der Waals surface area (Å²) in [6, 6.07) is 9.50. The van der Waals surface area contributed by atoms with E-state index in [0.29, 0.717) is 5.02 Å². The van der Waals surface area contributed by atoms with E-state index in [-0.39, 0.29) is 22.0 Å². The van der Waals surface area contributed by atoms with Crippen molar-refractivity contribution < 1.29 is 14.5 Å². The van der Waals surface area contributed by atoms with Crippen LogP contribution in [0.2, 0.25) is 10.0 Å². The molecule has 20 heavy (non-hydrogen) atoms. The van der Waals surface area contributed by atoms with Crippen molar-refractivity contribution in [3.05, 3.63) is 68.2 Å². The van der Waals surface area contributed by atoms with E-state index in [1.54, 1.807) is 0 Å². The molecule has 7 heteroatoms. The SMILES string of the molecule is O=C(Oc1ccc(Cl)c(Cl)c1)c1ccc([N+](=O)[O-])cc1. The molecule has 0 N–H and O–H groups in total. The van der Waals surface area contributed by atoms with Crippen LogP contribution < -0.4 is 4.74 Å². The Morgan fingerprint density at radius 3 is 2.25 bits per heavy atom. The van der Waals surface area contributed by atoms with Crippen molar-refractivity contribution in [3.8, 4) is 5.75 Å². The molecular formula is C13H7Cl2NO4. The minimum atomic E-state index is -0.640. The fraction of sp³-hybridized carbons (Fsp3) is 0. The third-order valence-corrected chi connectivity index (χ3v) is 3.15. The summed E-state index contributed by atoms with van der Waals surface area (Å²) in [4.78, 5) is 21.8. The maximum Gasteiger partial charge on any atom is 0.343 e. The molecule has 0 heterocycles. The van der Waals surface area contributed by atoms with Crippen LogP contribution >= 0.6 is 23.2 Å². The average Bonchev–Trinajstić information content (AvgIpc) is 2.43. The molecule has 0 spiro atoms. The number of hydrogen-bond acceptors (Lipinski definition) is 4. The lowest BCUT2D eigenvalue weighted by Gasteiger charge is -2.05. The Kier molecular flexibility index (Phi) is 4.22. The van der Waals surface area contributed by atoms with E-state index in [2.05, 4.69) is 0 Å². The van der Waals surface area contributed by atoms with Crippen LogP contribution in [-0.4, -0.2) is 10.9 Å². The lowest BCUT2D eigenvalue weighted by atomic mass is 10.2. The highest BCUT2D eigenvalue weighted by atomic mass is 35.5. The van der Waals surface area contributed by atoms with Gasteiger partial charge in [0.1, 0.15) is 5.75 Å². The second-order valence-electron chi connectivity index (χ2n) is 3.77. The highest BCUT2D eigenvalue weighted by molar-refractivity contribution is 6.42. The number of nitrogens with zero attached hydrogens (tertiary/aromatic N) is 1. The maximum absolute atomic E-state index is 11.8. The summed E-state index contributed by atoms with van der Waals surface area (Å²) in [7, 11) is 0. The number of hydrogen-bond donors (Lipinski definition) is 0. The molecule has 2 aromatic rings. The van der Waals surface area contributed by atoms with Crippen molar-refractivity contribution in [2.75, 3.05) is 0 Å². The highest BCUT2D eigenvalue weighted by Gasteiger charge is 2.12. The van der Waals surface area contributed by atoms with Crippen LogP contribution in [-0.2, 0) is 0 Å². The Morgan fingerprint density at radius 2 is 1.70 bits per heavy atom. The first-order chi connectivity index (χ1) is 9.47. The fourth-order valence-corrected chi connectivity index (χ4v) is 1.71. The molecule has 0 aliphatic heterocycles. The first-order valence-electron chi connectivity index (χ1n) is 5.39. The van der Waals surface area contributed by atoms with E-state index in [1.165, 1.54) is 42.5 Å². The largest absolute Gasteiger partial charge is 0.423 e. The fourth-order valence-electron chi connectivity index (χ4n) is 1.43. The molecule has 0 aliphatic rings. The molecule has 0 saturated carbocycles. The van der Waals surface area contributed by atoms with Gasteiger partial charge in [-0.15, -0.1) is 0 Å². The molecule has 0 bridgehead atoms. The van der Waals surface area contributed by atoms with Crippen LogP contribution in [0.5, 0.6) is 5.75 Å². The van der Waals surface area contributed by atoms with Gasteiger partial charge in [0, 0.05) is 18.2 Å². The van der Waals surface area contributed by atoms with Crippen LogP contribution in [0.1, 0.15) is 10.4 Å². The van der Waals surface area contributed by atoms with E-state index >= 15 is 0 Å². The predicted molar refractivity (Wildman–Crippen MR) is 74.5 cm³/mol. The molecule has 102 valence electrons. The van der Waals surface area contributed by atoms with Crippen molar-refractivity contribution in [2.45, 2.75) is 0 Å². The maximum atomic E-state index is 11.8. The first kappa shape index (κ1) is 14.3. The molecule has 0 radical (unpaired) electrons. The van der Waals surface area contributed by atoms with Crippen LogP contribution in [0.25, 0.3) is 0 Å². The monoisotopic (exact) mass is 311 g/mol. The Hall–Kier alpha value is -2.11. The van der Waals surface area contributed by atoms with Gasteiger partial charge in [-0.1, -0.05) is 23.2 Å². The molecular weight excluding hydrogens is 305 g/mol. The number of benzene rings is 2. The quantitative estimate of drug-likeness (QED) is 0.370. The van der Waals surface area contributed by atoms with Crippen molar-refractivity contribution in [1.82, 2.24) is 0 Å². The van der Waals surface area contributed by atoms with Gasteiger partial charge < -0.3 is 4.74 Å². The zero-order valence-electron chi connectivity index (χ0n) is 9.88. The molecule has 2 rings (SSSR count). The summed E-state index contributed by atoms with van der Waals surface area (Å²) >= 11 is 11.5. The second kappa shape index (κ2) is 5.90. The van der Waals surface area contributed by atoms with Gasteiger partial charge in [-0.25, -0.2) is 4.79 Å². The summed E-state index contributed by atoms with van der Waals surface area (Å²) in [6.45, 7) is 0. The van der Waals surface area contributed by atoms with Crippen LogP contribution in [0.15, 0.2) is 42.5 Å². The van der Waals surface area contributed by atoms with Gasteiger partial charge in [0.2, 0.25) is 0 Å². The topological polar surface area (TPSA) is 69.4 Å². The van der Waals surface area contributed by atoms with Crippen LogP contribution in [0.3, 0.4) is 0 Å². The summed E-state index contributed by atoms with van der Waals surface area (Å²) < 4.78 is 5.08. The number of carbonyl (C=O) groups excluding carboxylic acids is 1. The predicted octanol–water partition coefficient (Wildman–Crippen LogP) is 4.12. The minimum Gasteiger partial charge on any atom is -0.423 e. The Labute approximate surface area is 123 Å². The van der Waals surface area contributed by atoms with Crippen molar-refractivity contribution in [2.24, 2.45) is 0 Å². The molecule has 0 amide bonds. The third kappa shape index (κ3) is 3.26. The van der Waals surface area contributed by atoms with E-state index in [1.807, 2.05) is 0 Å². The van der Waals surface area contributed by atoms with E-state index in [0.717, 1.165) is 0 Å². The third-order valence-electron chi connectivity index (χ3n) is 2.42. The van der Waals surface area contributed by atoms with Crippen LogP contribution in [0.4, 0.5) is 5.69 Å². The standard InChI is InChI=1S/C13H7Cl2NO4/c14-11-6-5-10(7-12(11)15)20-13(17)8-1-3-9(4-2-8)16(18)19/h1-7H. The zero-order chi connectivity index (χ0) is 14.7. The van der Waals surface area contributed by atoms with Gasteiger partial charge in [-0.05, 0) is 24.3 Å². The Balaban J connectivity index is 2.15. The number of carbonyl (C=O) groups is 1. The number of nitro groups is 1. The molecule has 5 nitrogen and oxygen atoms in total. The summed E-state index contributed by atoms with van der Waals surface area (Å²) in [5.41, 5.74) is 0.0951. The molecule has 0 unspecified atom stereocenters. The van der Waals surface area contributed by atoms with Crippen molar-refractivity contribution in [3.63, 3.8) is 0 Å². The molecule has 0 aromatic heterocycles. The van der Waals surface area contributed by atoms with Gasteiger partial charge in [0.25, 0.3) is 5.69 Å². The Bertz CT molecular complexity index is 671. The van der Waals surface area contributed by atoms with Gasteiger partial charge in [0.05, 0.1) is 20.5 Å². The highest BCUT2D eigenvalue weighted by Crippen LogP contribution is 2.26.